The highest BCUT2D eigenvalue weighted by molar-refractivity contribution is 5.92. The molecule has 0 saturated carbocycles. The van der Waals surface area contributed by atoms with Gasteiger partial charge < -0.3 is 9.88 Å². The van der Waals surface area contributed by atoms with Crippen LogP contribution in [-0.4, -0.2) is 43.7 Å². The maximum Gasteiger partial charge on any atom is 0.269 e. The van der Waals surface area contributed by atoms with Crippen LogP contribution >= 0.6 is 0 Å². The Morgan fingerprint density at radius 2 is 2.25 bits per heavy atom. The SMILES string of the molecule is CNC(=O)c1cnc2n1CCN(Cc1cnn(C)c1)C2. The zero-order valence-corrected chi connectivity index (χ0v) is 11.7. The van der Waals surface area contributed by atoms with Crippen LogP contribution in [0.1, 0.15) is 21.9 Å². The highest BCUT2D eigenvalue weighted by Crippen LogP contribution is 2.16. The van der Waals surface area contributed by atoms with Crippen molar-refractivity contribution in [1.29, 1.82) is 0 Å². The maximum atomic E-state index is 11.7. The average molecular weight is 274 g/mol. The van der Waals surface area contributed by atoms with Crippen molar-refractivity contribution in [3.63, 3.8) is 0 Å². The number of hydrogen-bond acceptors (Lipinski definition) is 4. The van der Waals surface area contributed by atoms with E-state index < -0.39 is 0 Å². The molecule has 3 rings (SSSR count). The molecule has 2 aromatic rings. The molecule has 1 amide bonds. The van der Waals surface area contributed by atoms with Crippen LogP contribution in [0.25, 0.3) is 0 Å². The van der Waals surface area contributed by atoms with Crippen LogP contribution in [0.15, 0.2) is 18.6 Å². The number of aryl methyl sites for hydroxylation is 1. The molecule has 1 N–H and O–H groups in total. The monoisotopic (exact) mass is 274 g/mol. The van der Waals surface area contributed by atoms with Crippen LogP contribution in [0.4, 0.5) is 0 Å². The number of rotatable bonds is 3. The molecule has 7 heteroatoms. The fourth-order valence-electron chi connectivity index (χ4n) is 2.57. The van der Waals surface area contributed by atoms with E-state index in [0.717, 1.165) is 32.0 Å². The molecule has 0 unspecified atom stereocenters. The van der Waals surface area contributed by atoms with E-state index in [9.17, 15) is 4.79 Å². The van der Waals surface area contributed by atoms with Crippen molar-refractivity contribution < 1.29 is 4.79 Å². The Kier molecular flexibility index (Phi) is 3.27. The molecule has 106 valence electrons. The lowest BCUT2D eigenvalue weighted by molar-refractivity contribution is 0.0949. The normalized spacial score (nSPS) is 15.1. The first kappa shape index (κ1) is 12.9. The number of nitrogens with one attached hydrogen (secondary N) is 1. The second kappa shape index (κ2) is 5.09. The fraction of sp³-hybridized carbons (Fsp3) is 0.462. The van der Waals surface area contributed by atoms with E-state index in [2.05, 4.69) is 20.3 Å². The Balaban J connectivity index is 1.73. The van der Waals surface area contributed by atoms with E-state index in [1.54, 1.807) is 13.2 Å². The molecule has 2 aromatic heterocycles. The Hall–Kier alpha value is -2.15. The van der Waals surface area contributed by atoms with Gasteiger partial charge in [-0.3, -0.25) is 14.4 Å². The third-order valence-corrected chi connectivity index (χ3v) is 3.57. The zero-order chi connectivity index (χ0) is 14.1. The Bertz CT molecular complexity index is 629. The summed E-state index contributed by atoms with van der Waals surface area (Å²) in [7, 11) is 3.56. The molecule has 3 heterocycles. The van der Waals surface area contributed by atoms with Crippen LogP contribution in [-0.2, 0) is 26.7 Å². The van der Waals surface area contributed by atoms with Crippen LogP contribution < -0.4 is 5.32 Å². The molecule has 20 heavy (non-hydrogen) atoms. The molecule has 0 radical (unpaired) electrons. The van der Waals surface area contributed by atoms with Gasteiger partial charge in [-0.1, -0.05) is 0 Å². The Morgan fingerprint density at radius 1 is 1.40 bits per heavy atom. The third kappa shape index (κ3) is 2.32. The smallest absolute Gasteiger partial charge is 0.269 e. The molecule has 0 aliphatic carbocycles. The van der Waals surface area contributed by atoms with Crippen molar-refractivity contribution in [2.75, 3.05) is 13.6 Å². The summed E-state index contributed by atoms with van der Waals surface area (Å²) >= 11 is 0. The largest absolute Gasteiger partial charge is 0.354 e. The third-order valence-electron chi connectivity index (χ3n) is 3.57. The first-order valence-electron chi connectivity index (χ1n) is 6.63. The molecule has 0 spiro atoms. The van der Waals surface area contributed by atoms with E-state index in [-0.39, 0.29) is 5.91 Å². The summed E-state index contributed by atoms with van der Waals surface area (Å²) in [5.41, 5.74) is 1.84. The van der Waals surface area contributed by atoms with Gasteiger partial charge in [-0.15, -0.1) is 0 Å². The highest BCUT2D eigenvalue weighted by Gasteiger charge is 2.22. The van der Waals surface area contributed by atoms with Crippen molar-refractivity contribution in [1.82, 2.24) is 29.5 Å². The highest BCUT2D eigenvalue weighted by atomic mass is 16.1. The number of hydrogen-bond donors (Lipinski definition) is 1. The summed E-state index contributed by atoms with van der Waals surface area (Å²) < 4.78 is 3.81. The lowest BCUT2D eigenvalue weighted by Gasteiger charge is -2.27. The second-order valence-corrected chi connectivity index (χ2v) is 5.02. The quantitative estimate of drug-likeness (QED) is 0.855. The van der Waals surface area contributed by atoms with Gasteiger partial charge in [0.25, 0.3) is 5.91 Å². The van der Waals surface area contributed by atoms with Crippen LogP contribution in [0.2, 0.25) is 0 Å². The summed E-state index contributed by atoms with van der Waals surface area (Å²) in [6, 6.07) is 0. The number of imidazole rings is 1. The van der Waals surface area contributed by atoms with Crippen LogP contribution in [0.5, 0.6) is 0 Å². The predicted octanol–water partition coefficient (Wildman–Crippen LogP) is -0.00800. The van der Waals surface area contributed by atoms with E-state index in [1.807, 2.05) is 28.7 Å². The van der Waals surface area contributed by atoms with E-state index >= 15 is 0 Å². The van der Waals surface area contributed by atoms with E-state index in [1.165, 1.54) is 5.56 Å². The molecule has 1 aliphatic rings. The van der Waals surface area contributed by atoms with Crippen LogP contribution in [0, 0.1) is 0 Å². The van der Waals surface area contributed by atoms with Gasteiger partial charge in [0.15, 0.2) is 0 Å². The topological polar surface area (TPSA) is 68.0 Å². The minimum atomic E-state index is -0.0792. The van der Waals surface area contributed by atoms with Crippen molar-refractivity contribution in [3.8, 4) is 0 Å². The Morgan fingerprint density at radius 3 is 2.95 bits per heavy atom. The van der Waals surface area contributed by atoms with Gasteiger partial charge in [-0.2, -0.15) is 5.10 Å². The van der Waals surface area contributed by atoms with Crippen LogP contribution in [0.3, 0.4) is 0 Å². The molecule has 0 bridgehead atoms. The molecule has 0 atom stereocenters. The number of carbonyl (C=O) groups excluding carboxylic acids is 1. The molecule has 0 fully saturated rings. The first-order chi connectivity index (χ1) is 9.67. The standard InChI is InChI=1S/C13H18N6O/c1-14-13(20)11-6-15-12-9-18(3-4-19(11)12)8-10-5-16-17(2)7-10/h5-7H,3-4,8-9H2,1-2H3,(H,14,20). The Labute approximate surface area is 117 Å². The maximum absolute atomic E-state index is 11.7. The molecule has 0 saturated heterocycles. The number of carbonyl (C=O) groups is 1. The lowest BCUT2D eigenvalue weighted by Crippen LogP contribution is -2.35. The number of aromatic nitrogens is 4. The summed E-state index contributed by atoms with van der Waals surface area (Å²) in [6.45, 7) is 3.31. The molecular weight excluding hydrogens is 256 g/mol. The lowest BCUT2D eigenvalue weighted by atomic mass is 10.3. The van der Waals surface area contributed by atoms with Crippen molar-refractivity contribution in [2.45, 2.75) is 19.6 Å². The number of amides is 1. The molecule has 7 nitrogen and oxygen atoms in total. The predicted molar refractivity (Wildman–Crippen MR) is 72.9 cm³/mol. The van der Waals surface area contributed by atoms with E-state index in [4.69, 9.17) is 0 Å². The van der Waals surface area contributed by atoms with Gasteiger partial charge in [0, 0.05) is 45.5 Å². The minimum Gasteiger partial charge on any atom is -0.354 e. The number of fused-ring (bicyclic) bond motifs is 1. The van der Waals surface area contributed by atoms with Crippen molar-refractivity contribution in [2.24, 2.45) is 7.05 Å². The molecular formula is C13H18N6O. The van der Waals surface area contributed by atoms with Crippen molar-refractivity contribution in [3.05, 3.63) is 35.7 Å². The summed E-state index contributed by atoms with van der Waals surface area (Å²) in [5.74, 6) is 0.864. The minimum absolute atomic E-state index is 0.0792. The van der Waals surface area contributed by atoms with E-state index in [0.29, 0.717) is 5.69 Å². The van der Waals surface area contributed by atoms with Gasteiger partial charge in [0.05, 0.1) is 18.9 Å². The second-order valence-electron chi connectivity index (χ2n) is 5.02. The summed E-state index contributed by atoms with van der Waals surface area (Å²) in [4.78, 5) is 18.4. The van der Waals surface area contributed by atoms with Gasteiger partial charge in [0.1, 0.15) is 11.5 Å². The summed E-state index contributed by atoms with van der Waals surface area (Å²) in [5, 5.41) is 6.83. The molecule has 1 aliphatic heterocycles. The average Bonchev–Trinajstić information content (AvgIpc) is 3.04. The first-order valence-corrected chi connectivity index (χ1v) is 6.63. The molecule has 0 aromatic carbocycles. The van der Waals surface area contributed by atoms with Crippen molar-refractivity contribution >= 4 is 5.91 Å². The summed E-state index contributed by atoms with van der Waals surface area (Å²) in [6.07, 6.45) is 5.57. The van der Waals surface area contributed by atoms with Gasteiger partial charge in [-0.05, 0) is 0 Å². The van der Waals surface area contributed by atoms with Gasteiger partial charge in [-0.25, -0.2) is 4.98 Å². The van der Waals surface area contributed by atoms with Gasteiger partial charge >= 0.3 is 0 Å². The zero-order valence-electron chi connectivity index (χ0n) is 11.7. The van der Waals surface area contributed by atoms with Gasteiger partial charge in [0.2, 0.25) is 0 Å². The number of nitrogens with zero attached hydrogens (tertiary/aromatic N) is 5. The fourth-order valence-corrected chi connectivity index (χ4v) is 2.57.